The van der Waals surface area contributed by atoms with Crippen LogP contribution in [0.25, 0.3) is 0 Å². The van der Waals surface area contributed by atoms with E-state index < -0.39 is 11.9 Å². The van der Waals surface area contributed by atoms with Crippen LogP contribution < -0.4 is 10.1 Å². The van der Waals surface area contributed by atoms with Crippen LogP contribution in [0.1, 0.15) is 20.7 Å². The van der Waals surface area contributed by atoms with Crippen LogP contribution in [0.15, 0.2) is 46.9 Å². The standard InChI is InChI=1S/C15H12BrNO4/c1-21-11-5-6-12(16)13(8-11)17-14(18)9-3-2-4-10(7-9)15(19)20/h2-8H,1H3,(H,17,18)(H,19,20). The lowest BCUT2D eigenvalue weighted by Crippen LogP contribution is -2.13. The molecule has 0 aromatic heterocycles. The van der Waals surface area contributed by atoms with Crippen molar-refractivity contribution in [2.24, 2.45) is 0 Å². The third kappa shape index (κ3) is 3.61. The van der Waals surface area contributed by atoms with Gasteiger partial charge >= 0.3 is 5.97 Å². The Labute approximate surface area is 129 Å². The van der Waals surface area contributed by atoms with Crippen LogP contribution in [0.3, 0.4) is 0 Å². The van der Waals surface area contributed by atoms with E-state index in [1.54, 1.807) is 24.3 Å². The first kappa shape index (κ1) is 15.1. The molecule has 5 nitrogen and oxygen atoms in total. The van der Waals surface area contributed by atoms with Gasteiger partial charge in [0.05, 0.1) is 18.4 Å². The maximum Gasteiger partial charge on any atom is 0.335 e. The Morgan fingerprint density at radius 3 is 2.52 bits per heavy atom. The molecule has 2 N–H and O–H groups in total. The summed E-state index contributed by atoms with van der Waals surface area (Å²) in [6, 6.07) is 11.0. The minimum Gasteiger partial charge on any atom is -0.497 e. The second kappa shape index (κ2) is 6.41. The number of carbonyl (C=O) groups excluding carboxylic acids is 1. The molecule has 6 heteroatoms. The highest BCUT2D eigenvalue weighted by Gasteiger charge is 2.11. The zero-order chi connectivity index (χ0) is 15.4. The van der Waals surface area contributed by atoms with Crippen LogP contribution in [0, 0.1) is 0 Å². The lowest BCUT2D eigenvalue weighted by atomic mass is 10.1. The first-order valence-corrected chi connectivity index (χ1v) is 6.79. The van der Waals surface area contributed by atoms with Crippen LogP contribution in [0.4, 0.5) is 5.69 Å². The predicted molar refractivity (Wildman–Crippen MR) is 82.0 cm³/mol. The minimum absolute atomic E-state index is 0.0624. The molecular weight excluding hydrogens is 338 g/mol. The molecule has 0 unspecified atom stereocenters. The van der Waals surface area contributed by atoms with Crippen molar-refractivity contribution >= 4 is 33.5 Å². The normalized spacial score (nSPS) is 10.0. The summed E-state index contributed by atoms with van der Waals surface area (Å²) in [5.74, 6) is -0.868. The smallest absolute Gasteiger partial charge is 0.335 e. The molecular formula is C15H12BrNO4. The maximum atomic E-state index is 12.2. The number of halogens is 1. The molecule has 0 radical (unpaired) electrons. The second-order valence-electron chi connectivity index (χ2n) is 4.19. The summed E-state index contributed by atoms with van der Waals surface area (Å²) in [5.41, 5.74) is 0.872. The number of benzene rings is 2. The van der Waals surface area contributed by atoms with E-state index in [9.17, 15) is 9.59 Å². The summed E-state index contributed by atoms with van der Waals surface area (Å²) < 4.78 is 5.80. The summed E-state index contributed by atoms with van der Waals surface area (Å²) >= 11 is 3.33. The van der Waals surface area contributed by atoms with Crippen LogP contribution >= 0.6 is 15.9 Å². The fourth-order valence-corrected chi connectivity index (χ4v) is 2.06. The van der Waals surface area contributed by atoms with Gasteiger partial charge in [0.15, 0.2) is 0 Å². The fraction of sp³-hybridized carbons (Fsp3) is 0.0667. The first-order chi connectivity index (χ1) is 10.0. The summed E-state index contributed by atoms with van der Waals surface area (Å²) in [6.07, 6.45) is 0. The number of hydrogen-bond acceptors (Lipinski definition) is 3. The number of methoxy groups -OCH3 is 1. The van der Waals surface area contributed by atoms with Gasteiger partial charge in [0.2, 0.25) is 0 Å². The summed E-state index contributed by atoms with van der Waals surface area (Å²) in [5, 5.41) is 11.6. The Morgan fingerprint density at radius 2 is 1.86 bits per heavy atom. The monoisotopic (exact) mass is 349 g/mol. The lowest BCUT2D eigenvalue weighted by molar-refractivity contribution is 0.0697. The predicted octanol–water partition coefficient (Wildman–Crippen LogP) is 3.41. The molecule has 2 rings (SSSR count). The molecule has 0 aliphatic heterocycles. The van der Waals surface area contributed by atoms with E-state index in [0.29, 0.717) is 15.9 Å². The molecule has 0 spiro atoms. The van der Waals surface area contributed by atoms with Gasteiger partial charge in [-0.3, -0.25) is 4.79 Å². The van der Waals surface area contributed by atoms with Crippen molar-refractivity contribution < 1.29 is 19.4 Å². The Kier molecular flexibility index (Phi) is 4.59. The Hall–Kier alpha value is -2.34. The lowest BCUT2D eigenvalue weighted by Gasteiger charge is -2.09. The number of aromatic carboxylic acids is 1. The number of nitrogens with one attached hydrogen (secondary N) is 1. The van der Waals surface area contributed by atoms with Gasteiger partial charge in [-0.2, -0.15) is 0 Å². The van der Waals surface area contributed by atoms with E-state index in [2.05, 4.69) is 21.2 Å². The van der Waals surface area contributed by atoms with Crippen molar-refractivity contribution in [2.45, 2.75) is 0 Å². The second-order valence-corrected chi connectivity index (χ2v) is 5.04. The number of ether oxygens (including phenoxy) is 1. The van der Waals surface area contributed by atoms with Gasteiger partial charge < -0.3 is 15.2 Å². The quantitative estimate of drug-likeness (QED) is 0.886. The molecule has 0 aliphatic rings. The Bertz CT molecular complexity index is 700. The summed E-state index contributed by atoms with van der Waals surface area (Å²) in [7, 11) is 1.53. The summed E-state index contributed by atoms with van der Waals surface area (Å²) in [4.78, 5) is 23.1. The first-order valence-electron chi connectivity index (χ1n) is 5.99. The molecule has 2 aromatic carbocycles. The summed E-state index contributed by atoms with van der Waals surface area (Å²) in [6.45, 7) is 0. The third-order valence-corrected chi connectivity index (χ3v) is 3.48. The molecule has 0 saturated heterocycles. The highest BCUT2D eigenvalue weighted by molar-refractivity contribution is 9.10. The molecule has 21 heavy (non-hydrogen) atoms. The molecule has 2 aromatic rings. The maximum absolute atomic E-state index is 12.2. The SMILES string of the molecule is COc1ccc(Br)c(NC(=O)c2cccc(C(=O)O)c2)c1. The fourth-order valence-electron chi connectivity index (χ4n) is 1.72. The van der Waals surface area contributed by atoms with Gasteiger partial charge in [-0.25, -0.2) is 4.79 Å². The van der Waals surface area contributed by atoms with Gasteiger partial charge in [0, 0.05) is 16.1 Å². The molecule has 0 atom stereocenters. The number of carboxylic acid groups (broad SMARTS) is 1. The van der Waals surface area contributed by atoms with Crippen molar-refractivity contribution in [1.29, 1.82) is 0 Å². The van der Waals surface area contributed by atoms with Crippen molar-refractivity contribution in [1.82, 2.24) is 0 Å². The van der Waals surface area contributed by atoms with E-state index >= 15 is 0 Å². The molecule has 0 heterocycles. The van der Waals surface area contributed by atoms with Crippen LogP contribution in [-0.2, 0) is 0 Å². The molecule has 1 amide bonds. The van der Waals surface area contributed by atoms with Crippen LogP contribution in [0.2, 0.25) is 0 Å². The molecule has 0 fully saturated rings. The number of hydrogen-bond donors (Lipinski definition) is 2. The van der Waals surface area contributed by atoms with Gasteiger partial charge in [-0.05, 0) is 46.3 Å². The number of amides is 1. The average molecular weight is 350 g/mol. The Balaban J connectivity index is 2.25. The van der Waals surface area contributed by atoms with E-state index in [1.165, 1.54) is 25.3 Å². The van der Waals surface area contributed by atoms with Gasteiger partial charge in [0.1, 0.15) is 5.75 Å². The van der Waals surface area contributed by atoms with Crippen LogP contribution in [-0.4, -0.2) is 24.1 Å². The number of anilines is 1. The number of carboxylic acids is 1. The van der Waals surface area contributed by atoms with Crippen molar-refractivity contribution in [3.63, 3.8) is 0 Å². The molecule has 0 saturated carbocycles. The van der Waals surface area contributed by atoms with Gasteiger partial charge in [0.25, 0.3) is 5.91 Å². The van der Waals surface area contributed by atoms with E-state index in [4.69, 9.17) is 9.84 Å². The highest BCUT2D eigenvalue weighted by Crippen LogP contribution is 2.27. The Morgan fingerprint density at radius 1 is 1.14 bits per heavy atom. The van der Waals surface area contributed by atoms with Crippen molar-refractivity contribution in [2.75, 3.05) is 12.4 Å². The molecule has 108 valence electrons. The topological polar surface area (TPSA) is 75.6 Å². The van der Waals surface area contributed by atoms with Crippen LogP contribution in [0.5, 0.6) is 5.75 Å². The largest absolute Gasteiger partial charge is 0.497 e. The van der Waals surface area contributed by atoms with E-state index in [0.717, 1.165) is 0 Å². The minimum atomic E-state index is -1.08. The van der Waals surface area contributed by atoms with Crippen molar-refractivity contribution in [3.8, 4) is 5.75 Å². The number of rotatable bonds is 4. The van der Waals surface area contributed by atoms with Gasteiger partial charge in [-0.1, -0.05) is 6.07 Å². The molecule has 0 bridgehead atoms. The van der Waals surface area contributed by atoms with E-state index in [1.807, 2.05) is 0 Å². The number of carbonyl (C=O) groups is 2. The highest BCUT2D eigenvalue weighted by atomic mass is 79.9. The molecule has 0 aliphatic carbocycles. The zero-order valence-electron chi connectivity index (χ0n) is 11.1. The van der Waals surface area contributed by atoms with Gasteiger partial charge in [-0.15, -0.1) is 0 Å². The average Bonchev–Trinajstić information content (AvgIpc) is 2.49. The zero-order valence-corrected chi connectivity index (χ0v) is 12.7. The third-order valence-electron chi connectivity index (χ3n) is 2.79. The van der Waals surface area contributed by atoms with Crippen molar-refractivity contribution in [3.05, 3.63) is 58.1 Å². The van der Waals surface area contributed by atoms with E-state index in [-0.39, 0.29) is 11.1 Å².